The van der Waals surface area contributed by atoms with Gasteiger partial charge in [0.25, 0.3) is 5.91 Å². The molecule has 1 aromatic heterocycles. The lowest BCUT2D eigenvalue weighted by Gasteiger charge is -2.28. The van der Waals surface area contributed by atoms with E-state index in [1.807, 2.05) is 11.8 Å². The lowest BCUT2D eigenvalue weighted by atomic mass is 10.1. The van der Waals surface area contributed by atoms with Gasteiger partial charge in [0.05, 0.1) is 5.56 Å². The fourth-order valence-corrected chi connectivity index (χ4v) is 3.51. The van der Waals surface area contributed by atoms with Gasteiger partial charge in [-0.25, -0.2) is 0 Å². The SMILES string of the molecule is CCN(C(=O)c1cc(=O)[nH]c2ccc(Cl)cc12)C1CCCC1. The van der Waals surface area contributed by atoms with Gasteiger partial charge in [0.15, 0.2) is 0 Å². The van der Waals surface area contributed by atoms with Crippen molar-refractivity contribution in [1.82, 2.24) is 9.88 Å². The first kappa shape index (κ1) is 15.1. The van der Waals surface area contributed by atoms with E-state index in [-0.39, 0.29) is 17.5 Å². The number of halogens is 1. The minimum Gasteiger partial charge on any atom is -0.336 e. The van der Waals surface area contributed by atoms with Crippen LogP contribution in [-0.2, 0) is 0 Å². The molecule has 3 rings (SSSR count). The molecule has 0 unspecified atom stereocenters. The summed E-state index contributed by atoms with van der Waals surface area (Å²) in [5.74, 6) is -0.0761. The molecule has 1 amide bonds. The molecule has 116 valence electrons. The summed E-state index contributed by atoms with van der Waals surface area (Å²) in [7, 11) is 0. The number of fused-ring (bicyclic) bond motifs is 1. The minimum absolute atomic E-state index is 0.0761. The lowest BCUT2D eigenvalue weighted by Crippen LogP contribution is -2.39. The molecule has 22 heavy (non-hydrogen) atoms. The number of rotatable bonds is 3. The number of aromatic nitrogens is 1. The van der Waals surface area contributed by atoms with Crippen molar-refractivity contribution in [3.63, 3.8) is 0 Å². The van der Waals surface area contributed by atoms with Crippen LogP contribution in [0.4, 0.5) is 0 Å². The molecule has 1 aliphatic rings. The van der Waals surface area contributed by atoms with Crippen LogP contribution in [0.1, 0.15) is 43.0 Å². The van der Waals surface area contributed by atoms with E-state index in [2.05, 4.69) is 4.98 Å². The highest BCUT2D eigenvalue weighted by Gasteiger charge is 2.27. The molecule has 2 aromatic rings. The van der Waals surface area contributed by atoms with E-state index in [1.165, 1.54) is 6.07 Å². The smallest absolute Gasteiger partial charge is 0.254 e. The van der Waals surface area contributed by atoms with Crippen molar-refractivity contribution in [3.05, 3.63) is 45.2 Å². The van der Waals surface area contributed by atoms with Gasteiger partial charge in [-0.3, -0.25) is 9.59 Å². The van der Waals surface area contributed by atoms with Crippen molar-refractivity contribution in [1.29, 1.82) is 0 Å². The Kier molecular flexibility index (Phi) is 4.21. The van der Waals surface area contributed by atoms with Crippen molar-refractivity contribution in [2.45, 2.75) is 38.6 Å². The molecular formula is C17H19ClN2O2. The zero-order valence-electron chi connectivity index (χ0n) is 12.6. The van der Waals surface area contributed by atoms with Gasteiger partial charge < -0.3 is 9.88 Å². The Bertz CT molecular complexity index is 763. The van der Waals surface area contributed by atoms with Crippen LogP contribution in [0, 0.1) is 0 Å². The van der Waals surface area contributed by atoms with Crippen molar-refractivity contribution >= 4 is 28.4 Å². The lowest BCUT2D eigenvalue weighted by molar-refractivity contribution is 0.0695. The van der Waals surface area contributed by atoms with Gasteiger partial charge in [-0.05, 0) is 38.0 Å². The summed E-state index contributed by atoms with van der Waals surface area (Å²) >= 11 is 6.06. The Morgan fingerprint density at radius 1 is 1.32 bits per heavy atom. The largest absolute Gasteiger partial charge is 0.336 e. The molecule has 1 saturated carbocycles. The van der Waals surface area contributed by atoms with Crippen LogP contribution in [0.25, 0.3) is 10.9 Å². The first-order valence-corrected chi connectivity index (χ1v) is 8.11. The number of pyridine rings is 1. The quantitative estimate of drug-likeness (QED) is 0.940. The number of H-pyrrole nitrogens is 1. The summed E-state index contributed by atoms with van der Waals surface area (Å²) < 4.78 is 0. The van der Waals surface area contributed by atoms with E-state index in [4.69, 9.17) is 11.6 Å². The predicted molar refractivity (Wildman–Crippen MR) is 88.5 cm³/mol. The number of hydrogen-bond acceptors (Lipinski definition) is 2. The van der Waals surface area contributed by atoms with E-state index in [9.17, 15) is 9.59 Å². The van der Waals surface area contributed by atoms with Crippen LogP contribution < -0.4 is 5.56 Å². The summed E-state index contributed by atoms with van der Waals surface area (Å²) in [5.41, 5.74) is 0.818. The number of nitrogens with zero attached hydrogens (tertiary/aromatic N) is 1. The maximum atomic E-state index is 13.0. The van der Waals surface area contributed by atoms with Crippen LogP contribution in [0.15, 0.2) is 29.1 Å². The van der Waals surface area contributed by atoms with Crippen LogP contribution in [0.2, 0.25) is 5.02 Å². The van der Waals surface area contributed by atoms with Crippen LogP contribution >= 0.6 is 11.6 Å². The Balaban J connectivity index is 2.09. The minimum atomic E-state index is -0.263. The van der Waals surface area contributed by atoms with E-state index in [1.54, 1.807) is 18.2 Å². The molecule has 1 fully saturated rings. The van der Waals surface area contributed by atoms with Gasteiger partial charge in [0, 0.05) is 34.6 Å². The topological polar surface area (TPSA) is 53.2 Å². The summed E-state index contributed by atoms with van der Waals surface area (Å²) in [6, 6.07) is 6.86. The molecule has 0 aliphatic heterocycles. The highest BCUT2D eigenvalue weighted by Crippen LogP contribution is 2.27. The first-order chi connectivity index (χ1) is 10.6. The van der Waals surface area contributed by atoms with Crippen molar-refractivity contribution < 1.29 is 4.79 Å². The van der Waals surface area contributed by atoms with Gasteiger partial charge in [-0.15, -0.1) is 0 Å². The molecule has 5 heteroatoms. The van der Waals surface area contributed by atoms with Gasteiger partial charge in [-0.1, -0.05) is 24.4 Å². The van der Waals surface area contributed by atoms with Crippen LogP contribution in [0.5, 0.6) is 0 Å². The second kappa shape index (κ2) is 6.13. The van der Waals surface area contributed by atoms with Crippen molar-refractivity contribution in [3.8, 4) is 0 Å². The molecule has 0 spiro atoms. The van der Waals surface area contributed by atoms with Crippen molar-refractivity contribution in [2.24, 2.45) is 0 Å². The first-order valence-electron chi connectivity index (χ1n) is 7.73. The molecule has 0 radical (unpaired) electrons. The van der Waals surface area contributed by atoms with Crippen LogP contribution in [-0.4, -0.2) is 28.4 Å². The fourth-order valence-electron chi connectivity index (χ4n) is 3.34. The zero-order chi connectivity index (χ0) is 15.7. The third-order valence-corrected chi connectivity index (χ3v) is 4.64. The maximum absolute atomic E-state index is 13.0. The number of carbonyl (C=O) groups excluding carboxylic acids is 1. The fraction of sp³-hybridized carbons (Fsp3) is 0.412. The zero-order valence-corrected chi connectivity index (χ0v) is 13.3. The van der Waals surface area contributed by atoms with Crippen LogP contribution in [0.3, 0.4) is 0 Å². The van der Waals surface area contributed by atoms with Gasteiger partial charge >= 0.3 is 0 Å². The van der Waals surface area contributed by atoms with Crippen molar-refractivity contribution in [2.75, 3.05) is 6.54 Å². The number of benzene rings is 1. The predicted octanol–water partition coefficient (Wildman–Crippen LogP) is 3.59. The maximum Gasteiger partial charge on any atom is 0.254 e. The normalized spacial score (nSPS) is 15.4. The van der Waals surface area contributed by atoms with E-state index in [0.717, 1.165) is 25.7 Å². The number of amides is 1. The number of carbonyl (C=O) groups is 1. The molecule has 1 aromatic carbocycles. The number of aromatic amines is 1. The molecule has 0 bridgehead atoms. The summed E-state index contributed by atoms with van der Waals surface area (Å²) in [6.07, 6.45) is 4.41. The number of nitrogens with one attached hydrogen (secondary N) is 1. The van der Waals surface area contributed by atoms with Gasteiger partial charge in [-0.2, -0.15) is 0 Å². The van der Waals surface area contributed by atoms with E-state index >= 15 is 0 Å². The summed E-state index contributed by atoms with van der Waals surface area (Å²) in [6.45, 7) is 2.64. The highest BCUT2D eigenvalue weighted by molar-refractivity contribution is 6.31. The van der Waals surface area contributed by atoms with Gasteiger partial charge in [0.2, 0.25) is 5.56 Å². The summed E-state index contributed by atoms with van der Waals surface area (Å²) in [4.78, 5) is 29.5. The Morgan fingerprint density at radius 3 is 2.73 bits per heavy atom. The average Bonchev–Trinajstić information content (AvgIpc) is 3.01. The Morgan fingerprint density at radius 2 is 2.05 bits per heavy atom. The third-order valence-electron chi connectivity index (χ3n) is 4.40. The monoisotopic (exact) mass is 318 g/mol. The number of hydrogen-bond donors (Lipinski definition) is 1. The molecule has 0 saturated heterocycles. The second-order valence-electron chi connectivity index (χ2n) is 5.77. The van der Waals surface area contributed by atoms with Gasteiger partial charge in [0.1, 0.15) is 0 Å². The molecule has 0 atom stereocenters. The van der Waals surface area contributed by atoms with E-state index in [0.29, 0.717) is 28.0 Å². The summed E-state index contributed by atoms with van der Waals surface area (Å²) in [5, 5.41) is 1.26. The standard InChI is InChI=1S/C17H19ClN2O2/c1-2-20(12-5-3-4-6-12)17(22)14-10-16(21)19-15-8-7-11(18)9-13(14)15/h7-10,12H,2-6H2,1H3,(H,19,21). The third kappa shape index (κ3) is 2.75. The molecular weight excluding hydrogens is 300 g/mol. The molecule has 1 N–H and O–H groups in total. The molecule has 1 heterocycles. The Hall–Kier alpha value is -1.81. The van der Waals surface area contributed by atoms with E-state index < -0.39 is 0 Å². The molecule has 1 aliphatic carbocycles. The second-order valence-corrected chi connectivity index (χ2v) is 6.20. The highest BCUT2D eigenvalue weighted by atomic mass is 35.5. The Labute approximate surface area is 134 Å². The average molecular weight is 319 g/mol. The molecule has 4 nitrogen and oxygen atoms in total.